The van der Waals surface area contributed by atoms with E-state index in [1.165, 1.54) is 40.6 Å². The molecule has 0 aliphatic heterocycles. The van der Waals surface area contributed by atoms with Crippen LogP contribution < -0.4 is 9.47 Å². The molecule has 206 valence electrons. The lowest BCUT2D eigenvalue weighted by atomic mass is 10.0. The van der Waals surface area contributed by atoms with Gasteiger partial charge in [-0.15, -0.1) is 0 Å². The van der Waals surface area contributed by atoms with E-state index >= 15 is 0 Å². The van der Waals surface area contributed by atoms with E-state index in [9.17, 15) is 19.2 Å². The molecule has 0 atom stereocenters. The number of hydrogen-bond donors (Lipinski definition) is 0. The predicted octanol–water partition coefficient (Wildman–Crippen LogP) is 4.94. The number of rotatable bonds is 8. The van der Waals surface area contributed by atoms with Crippen LogP contribution in [-0.2, 0) is 18.9 Å². The first-order chi connectivity index (χ1) is 19.2. The molecule has 0 heterocycles. The van der Waals surface area contributed by atoms with Crippen molar-refractivity contribution in [2.75, 3.05) is 28.4 Å². The standard InChI is InChI=1S/C30H26O10/c1-16(39-25-14-21(29(33)37-4)12-19-10-17(27(31)35-2)6-8-23(19)25)40-26-15-22(30(34)38-5)13-20-11-18(28(32)36-3)7-9-24(20)26/h6-16H,1-5H3. The molecule has 0 aliphatic carbocycles. The molecule has 0 bridgehead atoms. The van der Waals surface area contributed by atoms with Crippen LogP contribution in [0.25, 0.3) is 21.5 Å². The maximum absolute atomic E-state index is 12.4. The predicted molar refractivity (Wildman–Crippen MR) is 144 cm³/mol. The SMILES string of the molecule is COC(=O)c1ccc2c(OC(C)Oc3cc(C(=O)OC)cc4cc(C(=O)OC)ccc34)cc(C(=O)OC)cc2c1. The zero-order valence-electron chi connectivity index (χ0n) is 22.4. The Labute approximate surface area is 229 Å². The molecule has 0 unspecified atom stereocenters. The lowest BCUT2D eigenvalue weighted by Crippen LogP contribution is -2.20. The number of esters is 4. The third-order valence-electron chi connectivity index (χ3n) is 6.10. The van der Waals surface area contributed by atoms with Crippen molar-refractivity contribution in [1.82, 2.24) is 0 Å². The van der Waals surface area contributed by atoms with Crippen molar-refractivity contribution < 1.29 is 47.6 Å². The van der Waals surface area contributed by atoms with E-state index in [1.807, 2.05) is 0 Å². The van der Waals surface area contributed by atoms with Gasteiger partial charge in [-0.25, -0.2) is 19.2 Å². The number of fused-ring (bicyclic) bond motifs is 2. The van der Waals surface area contributed by atoms with Crippen LogP contribution in [0.3, 0.4) is 0 Å². The summed E-state index contributed by atoms with van der Waals surface area (Å²) in [5.41, 5.74) is 0.995. The Kier molecular flexibility index (Phi) is 8.18. The number of hydrogen-bond acceptors (Lipinski definition) is 10. The third kappa shape index (κ3) is 5.65. The van der Waals surface area contributed by atoms with Gasteiger partial charge >= 0.3 is 23.9 Å². The Morgan fingerprint density at radius 3 is 1.18 bits per heavy atom. The summed E-state index contributed by atoms with van der Waals surface area (Å²) in [5, 5.41) is 2.29. The van der Waals surface area contributed by atoms with E-state index in [0.717, 1.165) is 0 Å². The van der Waals surface area contributed by atoms with Crippen LogP contribution in [-0.4, -0.2) is 58.6 Å². The number of carbonyl (C=O) groups excluding carboxylic acids is 4. The summed E-state index contributed by atoms with van der Waals surface area (Å²) in [6.45, 7) is 1.64. The first-order valence-corrected chi connectivity index (χ1v) is 12.0. The number of carbonyl (C=O) groups is 4. The Morgan fingerprint density at radius 1 is 0.500 bits per heavy atom. The van der Waals surface area contributed by atoms with E-state index in [1.54, 1.807) is 55.5 Å². The van der Waals surface area contributed by atoms with Gasteiger partial charge in [-0.1, -0.05) is 0 Å². The van der Waals surface area contributed by atoms with E-state index in [2.05, 4.69) is 0 Å². The summed E-state index contributed by atoms with van der Waals surface area (Å²) in [7, 11) is 5.07. The van der Waals surface area contributed by atoms with Gasteiger partial charge in [0.15, 0.2) is 0 Å². The van der Waals surface area contributed by atoms with Gasteiger partial charge in [-0.3, -0.25) is 0 Å². The van der Waals surface area contributed by atoms with Gasteiger partial charge in [0.2, 0.25) is 6.29 Å². The van der Waals surface area contributed by atoms with Crippen LogP contribution in [0.5, 0.6) is 11.5 Å². The molecular formula is C30H26O10. The van der Waals surface area contributed by atoms with Crippen molar-refractivity contribution in [2.24, 2.45) is 0 Å². The zero-order valence-corrected chi connectivity index (χ0v) is 22.4. The lowest BCUT2D eigenvalue weighted by molar-refractivity contribution is 0.0243. The van der Waals surface area contributed by atoms with E-state index < -0.39 is 30.2 Å². The van der Waals surface area contributed by atoms with Crippen molar-refractivity contribution >= 4 is 45.4 Å². The Balaban J connectivity index is 1.75. The van der Waals surface area contributed by atoms with Crippen LogP contribution in [0.1, 0.15) is 48.4 Å². The van der Waals surface area contributed by atoms with Crippen molar-refractivity contribution in [1.29, 1.82) is 0 Å². The minimum Gasteiger partial charge on any atom is -0.465 e. The van der Waals surface area contributed by atoms with Gasteiger partial charge in [0.1, 0.15) is 11.5 Å². The second-order valence-electron chi connectivity index (χ2n) is 8.59. The van der Waals surface area contributed by atoms with Gasteiger partial charge in [0, 0.05) is 17.7 Å². The van der Waals surface area contributed by atoms with Gasteiger partial charge < -0.3 is 28.4 Å². The minimum atomic E-state index is -0.923. The smallest absolute Gasteiger partial charge is 0.338 e. The molecule has 0 aliphatic rings. The van der Waals surface area contributed by atoms with Crippen LogP contribution in [0, 0.1) is 0 Å². The van der Waals surface area contributed by atoms with Gasteiger partial charge in [0.25, 0.3) is 0 Å². The fraction of sp³-hybridized carbons (Fsp3) is 0.200. The summed E-state index contributed by atoms with van der Waals surface area (Å²) >= 11 is 0. The first kappa shape index (κ1) is 27.9. The molecule has 10 heteroatoms. The van der Waals surface area contributed by atoms with Crippen molar-refractivity contribution in [2.45, 2.75) is 13.2 Å². The highest BCUT2D eigenvalue weighted by molar-refractivity contribution is 6.03. The molecule has 0 radical (unpaired) electrons. The fourth-order valence-corrected chi connectivity index (χ4v) is 4.21. The highest BCUT2D eigenvalue weighted by atomic mass is 16.7. The number of methoxy groups -OCH3 is 4. The number of ether oxygens (including phenoxy) is 6. The topological polar surface area (TPSA) is 124 Å². The summed E-state index contributed by atoms with van der Waals surface area (Å²) < 4.78 is 31.6. The maximum Gasteiger partial charge on any atom is 0.338 e. The van der Waals surface area contributed by atoms with Crippen LogP contribution >= 0.6 is 0 Å². The summed E-state index contributed by atoms with van der Waals surface area (Å²) in [4.78, 5) is 48.8. The molecular weight excluding hydrogens is 520 g/mol. The van der Waals surface area contributed by atoms with Crippen molar-refractivity contribution in [3.8, 4) is 11.5 Å². The molecule has 40 heavy (non-hydrogen) atoms. The highest BCUT2D eigenvalue weighted by Gasteiger charge is 2.19. The minimum absolute atomic E-state index is 0.202. The zero-order chi connectivity index (χ0) is 29.0. The van der Waals surface area contributed by atoms with Crippen LogP contribution in [0.2, 0.25) is 0 Å². The quantitative estimate of drug-likeness (QED) is 0.170. The van der Waals surface area contributed by atoms with Gasteiger partial charge in [0.05, 0.1) is 50.7 Å². The first-order valence-electron chi connectivity index (χ1n) is 12.0. The second kappa shape index (κ2) is 11.7. The van der Waals surface area contributed by atoms with E-state index in [0.29, 0.717) is 44.2 Å². The van der Waals surface area contributed by atoms with Crippen molar-refractivity contribution in [3.05, 3.63) is 82.9 Å². The molecule has 0 saturated heterocycles. The Hall–Kier alpha value is -5.12. The maximum atomic E-state index is 12.4. The Morgan fingerprint density at radius 2 is 0.825 bits per heavy atom. The van der Waals surface area contributed by atoms with Gasteiger partial charge in [-0.2, -0.15) is 0 Å². The average molecular weight is 547 g/mol. The van der Waals surface area contributed by atoms with E-state index in [-0.39, 0.29) is 11.1 Å². The molecule has 10 nitrogen and oxygen atoms in total. The normalized spacial score (nSPS) is 10.8. The fourth-order valence-electron chi connectivity index (χ4n) is 4.21. The molecule has 0 spiro atoms. The Bertz CT molecular complexity index is 1510. The number of benzene rings is 4. The van der Waals surface area contributed by atoms with Gasteiger partial charge in [-0.05, 0) is 71.4 Å². The lowest BCUT2D eigenvalue weighted by Gasteiger charge is -2.20. The molecule has 0 aromatic heterocycles. The highest BCUT2D eigenvalue weighted by Crippen LogP contribution is 2.33. The monoisotopic (exact) mass is 546 g/mol. The molecule has 0 fully saturated rings. The molecule has 4 aromatic carbocycles. The second-order valence-corrected chi connectivity index (χ2v) is 8.59. The summed E-state index contributed by atoms with van der Waals surface area (Å²) in [5.74, 6) is -1.66. The van der Waals surface area contributed by atoms with Crippen LogP contribution in [0.15, 0.2) is 60.7 Å². The average Bonchev–Trinajstić information content (AvgIpc) is 2.98. The molecule has 4 aromatic rings. The molecule has 4 rings (SSSR count). The van der Waals surface area contributed by atoms with Crippen molar-refractivity contribution in [3.63, 3.8) is 0 Å². The largest absolute Gasteiger partial charge is 0.465 e. The molecule has 0 saturated carbocycles. The third-order valence-corrected chi connectivity index (χ3v) is 6.10. The molecule has 0 amide bonds. The van der Waals surface area contributed by atoms with Crippen LogP contribution in [0.4, 0.5) is 0 Å². The van der Waals surface area contributed by atoms with E-state index in [4.69, 9.17) is 28.4 Å². The molecule has 0 N–H and O–H groups in total. The summed E-state index contributed by atoms with van der Waals surface area (Å²) in [6, 6.07) is 15.9. The summed E-state index contributed by atoms with van der Waals surface area (Å²) in [6.07, 6.45) is -0.923.